The number of hydrogen-bond acceptors (Lipinski definition) is 4. The fraction of sp³-hybridized carbons (Fsp3) is 0.105. The highest BCUT2D eigenvalue weighted by Gasteiger charge is 2.06. The second-order valence-corrected chi connectivity index (χ2v) is 6.90. The topological polar surface area (TPSA) is 54.9 Å². The van der Waals surface area contributed by atoms with E-state index >= 15 is 0 Å². The maximum atomic E-state index is 12.0. The van der Waals surface area contributed by atoms with Crippen LogP contribution in [0.3, 0.4) is 0 Å². The van der Waals surface area contributed by atoms with Crippen LogP contribution in [0.1, 0.15) is 5.56 Å². The highest BCUT2D eigenvalue weighted by Crippen LogP contribution is 2.21. The van der Waals surface area contributed by atoms with E-state index in [2.05, 4.69) is 15.5 Å². The minimum atomic E-state index is -0.0718. The van der Waals surface area contributed by atoms with Gasteiger partial charge in [-0.1, -0.05) is 53.2 Å². The van der Waals surface area contributed by atoms with Crippen LogP contribution < -0.4 is 5.32 Å². The summed E-state index contributed by atoms with van der Waals surface area (Å²) in [6.45, 7) is 2.01. The average Bonchev–Trinajstić information content (AvgIpc) is 2.63. The standard InChI is InChI=1S/C19H16ClN3OS/c1-13-2-8-16(9-3-13)21-18(24)12-25-19-11-10-17(22-23-19)14-4-6-15(20)7-5-14/h2-11H,12H2,1H3,(H,21,24). The average molecular weight is 370 g/mol. The van der Waals surface area contributed by atoms with E-state index in [1.165, 1.54) is 11.8 Å². The Hall–Kier alpha value is -2.37. The first-order valence-corrected chi connectivity index (χ1v) is 9.05. The van der Waals surface area contributed by atoms with Crippen molar-refractivity contribution in [3.8, 4) is 11.3 Å². The first-order valence-electron chi connectivity index (χ1n) is 7.69. The fourth-order valence-corrected chi connectivity index (χ4v) is 2.89. The number of rotatable bonds is 5. The maximum absolute atomic E-state index is 12.0. The van der Waals surface area contributed by atoms with E-state index < -0.39 is 0 Å². The number of aromatic nitrogens is 2. The van der Waals surface area contributed by atoms with Crippen molar-refractivity contribution < 1.29 is 4.79 Å². The zero-order valence-electron chi connectivity index (χ0n) is 13.6. The lowest BCUT2D eigenvalue weighted by Crippen LogP contribution is -2.14. The lowest BCUT2D eigenvalue weighted by Gasteiger charge is -2.05. The quantitative estimate of drug-likeness (QED) is 0.654. The number of hydrogen-bond donors (Lipinski definition) is 1. The van der Waals surface area contributed by atoms with Crippen LogP contribution in [0.5, 0.6) is 0 Å². The third-order valence-electron chi connectivity index (χ3n) is 3.47. The number of halogens is 1. The molecular formula is C19H16ClN3OS. The van der Waals surface area contributed by atoms with Gasteiger partial charge in [0.2, 0.25) is 5.91 Å². The molecule has 0 aliphatic carbocycles. The van der Waals surface area contributed by atoms with Crippen LogP contribution >= 0.6 is 23.4 Å². The van der Waals surface area contributed by atoms with Gasteiger partial charge in [0.15, 0.2) is 0 Å². The molecule has 1 heterocycles. The number of amides is 1. The second-order valence-electron chi connectivity index (χ2n) is 5.47. The van der Waals surface area contributed by atoms with Gasteiger partial charge < -0.3 is 5.32 Å². The number of thioether (sulfide) groups is 1. The summed E-state index contributed by atoms with van der Waals surface area (Å²) in [6, 6.07) is 18.9. The van der Waals surface area contributed by atoms with Gasteiger partial charge in [0.05, 0.1) is 11.4 Å². The number of nitrogens with one attached hydrogen (secondary N) is 1. The van der Waals surface area contributed by atoms with Gasteiger partial charge in [-0.15, -0.1) is 10.2 Å². The number of aryl methyl sites for hydroxylation is 1. The third kappa shape index (κ3) is 5.05. The summed E-state index contributed by atoms with van der Waals surface area (Å²) >= 11 is 7.23. The van der Waals surface area contributed by atoms with Crippen LogP contribution in [0.4, 0.5) is 5.69 Å². The molecule has 1 amide bonds. The lowest BCUT2D eigenvalue weighted by atomic mass is 10.1. The van der Waals surface area contributed by atoms with Crippen LogP contribution in [-0.4, -0.2) is 21.9 Å². The number of anilines is 1. The molecule has 126 valence electrons. The summed E-state index contributed by atoms with van der Waals surface area (Å²) in [5.41, 5.74) is 3.67. The molecule has 6 heteroatoms. The smallest absolute Gasteiger partial charge is 0.234 e. The Kier molecular flexibility index (Phi) is 5.68. The molecule has 0 bridgehead atoms. The highest BCUT2D eigenvalue weighted by molar-refractivity contribution is 7.99. The minimum absolute atomic E-state index is 0.0718. The predicted octanol–water partition coefficient (Wildman–Crippen LogP) is 4.84. The van der Waals surface area contributed by atoms with Crippen molar-refractivity contribution in [3.05, 3.63) is 71.2 Å². The molecule has 0 saturated carbocycles. The number of carbonyl (C=O) groups is 1. The van der Waals surface area contributed by atoms with Gasteiger partial charge in [-0.2, -0.15) is 0 Å². The van der Waals surface area contributed by atoms with E-state index in [0.717, 1.165) is 22.5 Å². The normalized spacial score (nSPS) is 10.5. The maximum Gasteiger partial charge on any atom is 0.234 e. The van der Waals surface area contributed by atoms with Crippen LogP contribution in [0.15, 0.2) is 65.7 Å². The molecule has 2 aromatic carbocycles. The second kappa shape index (κ2) is 8.14. The molecule has 0 atom stereocenters. The summed E-state index contributed by atoms with van der Waals surface area (Å²) in [5.74, 6) is 0.209. The molecule has 0 aliphatic heterocycles. The summed E-state index contributed by atoms with van der Waals surface area (Å²) < 4.78 is 0. The molecule has 0 saturated heterocycles. The molecule has 3 aromatic rings. The van der Waals surface area contributed by atoms with Gasteiger partial charge in [0, 0.05) is 16.3 Å². The number of nitrogens with zero attached hydrogens (tertiary/aromatic N) is 2. The molecule has 1 N–H and O–H groups in total. The van der Waals surface area contributed by atoms with Crippen LogP contribution in [0.25, 0.3) is 11.3 Å². The fourth-order valence-electron chi connectivity index (χ4n) is 2.15. The molecular weight excluding hydrogens is 354 g/mol. The molecule has 0 radical (unpaired) electrons. The van der Waals surface area contributed by atoms with Crippen molar-refractivity contribution in [1.82, 2.24) is 10.2 Å². The van der Waals surface area contributed by atoms with Crippen molar-refractivity contribution >= 4 is 35.0 Å². The first kappa shape index (κ1) is 17.5. The molecule has 1 aromatic heterocycles. The Morgan fingerprint density at radius 3 is 2.36 bits per heavy atom. The Labute approximate surface area is 155 Å². The molecule has 0 unspecified atom stereocenters. The van der Waals surface area contributed by atoms with E-state index in [9.17, 15) is 4.79 Å². The van der Waals surface area contributed by atoms with Crippen molar-refractivity contribution in [2.24, 2.45) is 0 Å². The first-order chi connectivity index (χ1) is 12.1. The Morgan fingerprint density at radius 1 is 1.00 bits per heavy atom. The Morgan fingerprint density at radius 2 is 1.72 bits per heavy atom. The van der Waals surface area contributed by atoms with Gasteiger partial charge in [-0.3, -0.25) is 4.79 Å². The van der Waals surface area contributed by atoms with E-state index in [4.69, 9.17) is 11.6 Å². The van der Waals surface area contributed by atoms with Crippen LogP contribution in [-0.2, 0) is 4.79 Å². The molecule has 0 aliphatic rings. The van der Waals surface area contributed by atoms with E-state index in [0.29, 0.717) is 10.0 Å². The third-order valence-corrected chi connectivity index (χ3v) is 4.64. The van der Waals surface area contributed by atoms with Gasteiger partial charge in [0.1, 0.15) is 5.03 Å². The summed E-state index contributed by atoms with van der Waals surface area (Å²) in [6.07, 6.45) is 0. The summed E-state index contributed by atoms with van der Waals surface area (Å²) in [4.78, 5) is 12.0. The number of benzene rings is 2. The monoisotopic (exact) mass is 369 g/mol. The highest BCUT2D eigenvalue weighted by atomic mass is 35.5. The molecule has 0 spiro atoms. The van der Waals surface area contributed by atoms with Crippen molar-refractivity contribution in [3.63, 3.8) is 0 Å². The Bertz CT molecular complexity index is 849. The summed E-state index contributed by atoms with van der Waals surface area (Å²) in [7, 11) is 0. The van der Waals surface area contributed by atoms with E-state index in [-0.39, 0.29) is 11.7 Å². The number of carbonyl (C=O) groups excluding carboxylic acids is 1. The van der Waals surface area contributed by atoms with Gasteiger partial charge in [0.25, 0.3) is 0 Å². The lowest BCUT2D eigenvalue weighted by molar-refractivity contribution is -0.113. The SMILES string of the molecule is Cc1ccc(NC(=O)CSc2ccc(-c3ccc(Cl)cc3)nn2)cc1. The Balaban J connectivity index is 1.55. The van der Waals surface area contributed by atoms with E-state index in [1.807, 2.05) is 67.6 Å². The molecule has 25 heavy (non-hydrogen) atoms. The molecule has 4 nitrogen and oxygen atoms in total. The van der Waals surface area contributed by atoms with Crippen LogP contribution in [0.2, 0.25) is 5.02 Å². The van der Waals surface area contributed by atoms with Crippen molar-refractivity contribution in [1.29, 1.82) is 0 Å². The van der Waals surface area contributed by atoms with Gasteiger partial charge >= 0.3 is 0 Å². The summed E-state index contributed by atoms with van der Waals surface area (Å²) in [5, 5.41) is 12.6. The van der Waals surface area contributed by atoms with Crippen LogP contribution in [0, 0.1) is 6.92 Å². The van der Waals surface area contributed by atoms with Gasteiger partial charge in [-0.25, -0.2) is 0 Å². The zero-order valence-corrected chi connectivity index (χ0v) is 15.1. The van der Waals surface area contributed by atoms with Crippen molar-refractivity contribution in [2.75, 3.05) is 11.1 Å². The van der Waals surface area contributed by atoms with Crippen molar-refractivity contribution in [2.45, 2.75) is 11.9 Å². The predicted molar refractivity (Wildman–Crippen MR) is 103 cm³/mol. The van der Waals surface area contributed by atoms with Gasteiger partial charge in [-0.05, 0) is 43.3 Å². The largest absolute Gasteiger partial charge is 0.325 e. The van der Waals surface area contributed by atoms with E-state index in [1.54, 1.807) is 0 Å². The molecule has 0 fully saturated rings. The minimum Gasteiger partial charge on any atom is -0.325 e. The molecule has 3 rings (SSSR count). The zero-order chi connectivity index (χ0) is 17.6.